The molecule has 4 rings (SSSR count). The number of hydrogen-bond acceptors (Lipinski definition) is 4. The smallest absolute Gasteiger partial charge is 0.309 e. The molecule has 1 saturated heterocycles. The van der Waals surface area contributed by atoms with Gasteiger partial charge >= 0.3 is 5.97 Å². The lowest BCUT2D eigenvalue weighted by molar-refractivity contribution is -0.149. The monoisotopic (exact) mass is 424 g/mol. The van der Waals surface area contributed by atoms with Crippen LogP contribution < -0.4 is 0 Å². The number of benzene rings is 1. The standard InChI is InChI=1S/C23H25FN4O3/c1-3-31-23(30)16-10-13-27(14-11-16)22(29)21-15-19(20-5-4-12-26(20)2)25-28(21)18-8-6-17(24)7-9-18/h4-9,12,15-16H,3,10-11,13-14H2,1-2H3. The average Bonchev–Trinajstić information content (AvgIpc) is 3.40. The van der Waals surface area contributed by atoms with E-state index in [-0.39, 0.29) is 23.6 Å². The van der Waals surface area contributed by atoms with Crippen molar-refractivity contribution in [3.8, 4) is 17.1 Å². The number of carbonyl (C=O) groups is 2. The minimum Gasteiger partial charge on any atom is -0.466 e. The number of rotatable bonds is 5. The molecule has 0 aliphatic carbocycles. The Hall–Kier alpha value is -3.42. The number of carbonyl (C=O) groups excluding carboxylic acids is 2. The summed E-state index contributed by atoms with van der Waals surface area (Å²) in [6, 6.07) is 11.5. The molecule has 0 atom stereocenters. The number of aromatic nitrogens is 3. The molecule has 2 aromatic heterocycles. The van der Waals surface area contributed by atoms with Crippen molar-refractivity contribution in [2.45, 2.75) is 19.8 Å². The molecule has 8 heteroatoms. The van der Waals surface area contributed by atoms with Gasteiger partial charge in [0.2, 0.25) is 0 Å². The third-order valence-electron chi connectivity index (χ3n) is 5.61. The van der Waals surface area contributed by atoms with E-state index in [1.54, 1.807) is 34.7 Å². The van der Waals surface area contributed by atoms with Gasteiger partial charge in [-0.15, -0.1) is 0 Å². The number of nitrogens with zero attached hydrogens (tertiary/aromatic N) is 4. The van der Waals surface area contributed by atoms with E-state index >= 15 is 0 Å². The maximum Gasteiger partial charge on any atom is 0.309 e. The van der Waals surface area contributed by atoms with E-state index < -0.39 is 0 Å². The molecule has 3 aromatic rings. The Morgan fingerprint density at radius 2 is 1.87 bits per heavy atom. The van der Waals surface area contributed by atoms with Gasteiger partial charge in [-0.25, -0.2) is 9.07 Å². The van der Waals surface area contributed by atoms with Crippen molar-refractivity contribution in [1.29, 1.82) is 0 Å². The first-order chi connectivity index (χ1) is 15.0. The molecule has 1 aromatic carbocycles. The normalized spacial score (nSPS) is 14.6. The Morgan fingerprint density at radius 3 is 2.48 bits per heavy atom. The highest BCUT2D eigenvalue weighted by molar-refractivity contribution is 5.94. The van der Waals surface area contributed by atoms with Crippen LogP contribution in [0.1, 0.15) is 30.3 Å². The maximum absolute atomic E-state index is 13.4. The van der Waals surface area contributed by atoms with Crippen LogP contribution in [0.2, 0.25) is 0 Å². The molecule has 162 valence electrons. The van der Waals surface area contributed by atoms with Gasteiger partial charge in [0.05, 0.1) is 23.9 Å². The van der Waals surface area contributed by atoms with E-state index in [0.717, 1.165) is 5.69 Å². The number of amides is 1. The molecule has 1 aliphatic rings. The minimum absolute atomic E-state index is 0.167. The lowest BCUT2D eigenvalue weighted by atomic mass is 9.97. The summed E-state index contributed by atoms with van der Waals surface area (Å²) < 4.78 is 22.0. The third-order valence-corrected chi connectivity index (χ3v) is 5.61. The highest BCUT2D eigenvalue weighted by atomic mass is 19.1. The number of esters is 1. The average molecular weight is 424 g/mol. The molecule has 0 unspecified atom stereocenters. The second-order valence-electron chi connectivity index (χ2n) is 7.63. The molecule has 0 saturated carbocycles. The van der Waals surface area contributed by atoms with Gasteiger partial charge in [0.15, 0.2) is 0 Å². The molecular weight excluding hydrogens is 399 g/mol. The summed E-state index contributed by atoms with van der Waals surface area (Å²) in [5.41, 5.74) is 2.53. The van der Waals surface area contributed by atoms with Crippen molar-refractivity contribution in [3.05, 3.63) is 60.2 Å². The van der Waals surface area contributed by atoms with Crippen LogP contribution in [-0.4, -0.2) is 50.8 Å². The van der Waals surface area contributed by atoms with Crippen molar-refractivity contribution in [2.75, 3.05) is 19.7 Å². The molecule has 0 radical (unpaired) electrons. The number of hydrogen-bond donors (Lipinski definition) is 0. The second kappa shape index (κ2) is 8.75. The summed E-state index contributed by atoms with van der Waals surface area (Å²) in [6.07, 6.45) is 3.05. The predicted octanol–water partition coefficient (Wildman–Crippen LogP) is 3.43. The number of ether oxygens (including phenoxy) is 1. The fraction of sp³-hybridized carbons (Fsp3) is 0.348. The number of aryl methyl sites for hydroxylation is 1. The molecule has 1 fully saturated rings. The van der Waals surface area contributed by atoms with Crippen LogP contribution in [0.25, 0.3) is 17.1 Å². The Bertz CT molecular complexity index is 1080. The Labute approximate surface area is 180 Å². The van der Waals surface area contributed by atoms with E-state index in [2.05, 4.69) is 5.10 Å². The van der Waals surface area contributed by atoms with Crippen LogP contribution in [0.3, 0.4) is 0 Å². The summed E-state index contributed by atoms with van der Waals surface area (Å²) >= 11 is 0. The zero-order valence-electron chi connectivity index (χ0n) is 17.6. The summed E-state index contributed by atoms with van der Waals surface area (Å²) in [5.74, 6) is -0.894. The van der Waals surface area contributed by atoms with Crippen molar-refractivity contribution in [2.24, 2.45) is 13.0 Å². The SMILES string of the molecule is CCOC(=O)C1CCN(C(=O)c2cc(-c3cccn3C)nn2-c2ccc(F)cc2)CC1. The van der Waals surface area contributed by atoms with Crippen LogP contribution in [0.15, 0.2) is 48.7 Å². The van der Waals surface area contributed by atoms with Gasteiger partial charge in [0.1, 0.15) is 17.2 Å². The van der Waals surface area contributed by atoms with Gasteiger partial charge in [-0.05, 0) is 62.2 Å². The van der Waals surface area contributed by atoms with Gasteiger partial charge < -0.3 is 14.2 Å². The van der Waals surface area contributed by atoms with Crippen LogP contribution >= 0.6 is 0 Å². The van der Waals surface area contributed by atoms with E-state index in [1.807, 2.05) is 29.9 Å². The van der Waals surface area contributed by atoms with Crippen molar-refractivity contribution in [3.63, 3.8) is 0 Å². The van der Waals surface area contributed by atoms with E-state index in [0.29, 0.717) is 49.6 Å². The van der Waals surface area contributed by atoms with Crippen LogP contribution in [0.5, 0.6) is 0 Å². The Kier molecular flexibility index (Phi) is 5.88. The van der Waals surface area contributed by atoms with Gasteiger partial charge in [0, 0.05) is 26.3 Å². The third kappa shape index (κ3) is 4.23. The largest absolute Gasteiger partial charge is 0.466 e. The summed E-state index contributed by atoms with van der Waals surface area (Å²) in [7, 11) is 1.91. The minimum atomic E-state index is -0.354. The molecule has 7 nitrogen and oxygen atoms in total. The fourth-order valence-electron chi connectivity index (χ4n) is 3.91. The van der Waals surface area contributed by atoms with Crippen LogP contribution in [0.4, 0.5) is 4.39 Å². The lowest BCUT2D eigenvalue weighted by Crippen LogP contribution is -2.41. The van der Waals surface area contributed by atoms with Gasteiger partial charge in [-0.3, -0.25) is 9.59 Å². The number of halogens is 1. The van der Waals surface area contributed by atoms with Crippen molar-refractivity contribution >= 4 is 11.9 Å². The molecular formula is C23H25FN4O3. The van der Waals surface area contributed by atoms with Gasteiger partial charge in [-0.1, -0.05) is 0 Å². The fourth-order valence-corrected chi connectivity index (χ4v) is 3.91. The van der Waals surface area contributed by atoms with Gasteiger partial charge in [0.25, 0.3) is 5.91 Å². The Morgan fingerprint density at radius 1 is 1.16 bits per heavy atom. The Balaban J connectivity index is 1.63. The summed E-state index contributed by atoms with van der Waals surface area (Å²) in [4.78, 5) is 27.1. The number of piperidine rings is 1. The molecule has 3 heterocycles. The molecule has 1 amide bonds. The van der Waals surface area contributed by atoms with Gasteiger partial charge in [-0.2, -0.15) is 5.10 Å². The van der Waals surface area contributed by atoms with Crippen LogP contribution in [0, 0.1) is 11.7 Å². The topological polar surface area (TPSA) is 69.4 Å². The first kappa shape index (κ1) is 20.8. The van der Waals surface area contributed by atoms with Crippen molar-refractivity contribution in [1.82, 2.24) is 19.2 Å². The zero-order chi connectivity index (χ0) is 22.0. The lowest BCUT2D eigenvalue weighted by Gasteiger charge is -2.30. The summed E-state index contributed by atoms with van der Waals surface area (Å²) in [5, 5.41) is 4.65. The zero-order valence-corrected chi connectivity index (χ0v) is 17.6. The predicted molar refractivity (Wildman–Crippen MR) is 113 cm³/mol. The highest BCUT2D eigenvalue weighted by Crippen LogP contribution is 2.25. The molecule has 1 aliphatic heterocycles. The molecule has 0 spiro atoms. The second-order valence-corrected chi connectivity index (χ2v) is 7.63. The first-order valence-corrected chi connectivity index (χ1v) is 10.4. The molecule has 0 N–H and O–H groups in total. The number of likely N-dealkylation sites (tertiary alicyclic amines) is 1. The highest BCUT2D eigenvalue weighted by Gasteiger charge is 2.30. The van der Waals surface area contributed by atoms with Crippen LogP contribution in [-0.2, 0) is 16.6 Å². The van der Waals surface area contributed by atoms with E-state index in [9.17, 15) is 14.0 Å². The quantitative estimate of drug-likeness (QED) is 0.589. The maximum atomic E-state index is 13.4. The molecule has 0 bridgehead atoms. The first-order valence-electron chi connectivity index (χ1n) is 10.4. The van der Waals surface area contributed by atoms with Crippen molar-refractivity contribution < 1.29 is 18.7 Å². The molecule has 31 heavy (non-hydrogen) atoms. The van der Waals surface area contributed by atoms with E-state index in [1.165, 1.54) is 12.1 Å². The summed E-state index contributed by atoms with van der Waals surface area (Å²) in [6.45, 7) is 3.08. The van der Waals surface area contributed by atoms with E-state index in [4.69, 9.17) is 4.74 Å².